The number of ether oxygens (including phenoxy) is 1. The van der Waals surface area contributed by atoms with Gasteiger partial charge in [0.1, 0.15) is 11.1 Å². The lowest BCUT2D eigenvalue weighted by atomic mass is 10.0. The molecule has 2 atom stereocenters. The highest BCUT2D eigenvalue weighted by molar-refractivity contribution is 7.09. The Morgan fingerprint density at radius 2 is 2.29 bits per heavy atom. The van der Waals surface area contributed by atoms with E-state index in [4.69, 9.17) is 4.74 Å². The third-order valence-corrected chi connectivity index (χ3v) is 5.55. The largest absolute Gasteiger partial charge is 0.368 e. The molecule has 0 radical (unpaired) electrons. The van der Waals surface area contributed by atoms with Crippen molar-refractivity contribution in [3.8, 4) is 0 Å². The van der Waals surface area contributed by atoms with Gasteiger partial charge in [-0.1, -0.05) is 0 Å². The summed E-state index contributed by atoms with van der Waals surface area (Å²) in [6.45, 7) is 2.92. The molecule has 0 aromatic carbocycles. The number of thiazole rings is 1. The normalized spacial score (nSPS) is 26.0. The van der Waals surface area contributed by atoms with Crippen molar-refractivity contribution in [1.82, 2.24) is 19.7 Å². The van der Waals surface area contributed by atoms with Gasteiger partial charge in [-0.25, -0.2) is 4.98 Å². The molecule has 0 aliphatic carbocycles. The van der Waals surface area contributed by atoms with E-state index in [0.717, 1.165) is 43.2 Å². The Morgan fingerprint density at radius 1 is 1.38 bits per heavy atom. The summed E-state index contributed by atoms with van der Waals surface area (Å²) in [5.74, 6) is 0.175. The maximum Gasteiger partial charge on any atom is 0.244 e. The SMILES string of the molecule is Cn1cc(N2CCC[C@@H](N3CCO[C@@H](c4nccs4)C3)C2=O)cn1. The van der Waals surface area contributed by atoms with Crippen LogP contribution in [0.3, 0.4) is 0 Å². The van der Waals surface area contributed by atoms with Crippen LogP contribution in [0.5, 0.6) is 0 Å². The van der Waals surface area contributed by atoms with Crippen LogP contribution >= 0.6 is 11.3 Å². The zero-order chi connectivity index (χ0) is 16.5. The van der Waals surface area contributed by atoms with Gasteiger partial charge in [-0.2, -0.15) is 5.10 Å². The fourth-order valence-electron chi connectivity index (χ4n) is 3.49. The first-order valence-corrected chi connectivity index (χ1v) is 9.15. The molecule has 0 saturated carbocycles. The van der Waals surface area contributed by atoms with Crippen molar-refractivity contribution in [3.63, 3.8) is 0 Å². The minimum absolute atomic E-state index is 0.0275. The van der Waals surface area contributed by atoms with Crippen LogP contribution in [0.4, 0.5) is 5.69 Å². The van der Waals surface area contributed by atoms with Gasteiger partial charge in [0, 0.05) is 44.5 Å². The minimum Gasteiger partial charge on any atom is -0.368 e. The van der Waals surface area contributed by atoms with Crippen molar-refractivity contribution in [3.05, 3.63) is 29.0 Å². The van der Waals surface area contributed by atoms with E-state index in [2.05, 4.69) is 15.0 Å². The Morgan fingerprint density at radius 3 is 3.04 bits per heavy atom. The molecular formula is C16H21N5O2S. The van der Waals surface area contributed by atoms with E-state index in [1.807, 2.05) is 23.5 Å². The summed E-state index contributed by atoms with van der Waals surface area (Å²) < 4.78 is 7.60. The van der Waals surface area contributed by atoms with Gasteiger partial charge in [0.05, 0.1) is 24.5 Å². The number of aromatic nitrogens is 3. The van der Waals surface area contributed by atoms with E-state index in [1.54, 1.807) is 28.4 Å². The number of hydrogen-bond donors (Lipinski definition) is 0. The van der Waals surface area contributed by atoms with E-state index in [-0.39, 0.29) is 18.1 Å². The molecule has 0 N–H and O–H groups in total. The summed E-state index contributed by atoms with van der Waals surface area (Å²) >= 11 is 1.61. The molecule has 4 heterocycles. The van der Waals surface area contributed by atoms with Crippen LogP contribution in [0, 0.1) is 0 Å². The molecule has 2 fully saturated rings. The maximum absolute atomic E-state index is 13.0. The summed E-state index contributed by atoms with van der Waals surface area (Å²) in [5.41, 5.74) is 0.886. The topological polar surface area (TPSA) is 63.5 Å². The lowest BCUT2D eigenvalue weighted by molar-refractivity contribution is -0.129. The standard InChI is InChI=1S/C16H21N5O2S/c1-19-10-12(9-18-19)21-5-2-3-13(16(21)22)20-6-7-23-14(11-20)15-17-4-8-24-15/h4,8-10,13-14H,2-3,5-7,11H2,1H3/t13-,14-/m1/s1. The molecule has 4 rings (SSSR count). The average molecular weight is 347 g/mol. The van der Waals surface area contributed by atoms with Crippen molar-refractivity contribution in [1.29, 1.82) is 0 Å². The number of hydrogen-bond acceptors (Lipinski definition) is 6. The van der Waals surface area contributed by atoms with Crippen molar-refractivity contribution in [2.24, 2.45) is 7.05 Å². The second kappa shape index (κ2) is 6.62. The molecule has 24 heavy (non-hydrogen) atoms. The molecule has 8 heteroatoms. The molecule has 2 aliphatic rings. The lowest BCUT2D eigenvalue weighted by Gasteiger charge is -2.41. The molecule has 1 amide bonds. The smallest absolute Gasteiger partial charge is 0.244 e. The number of aryl methyl sites for hydroxylation is 1. The predicted molar refractivity (Wildman–Crippen MR) is 91.0 cm³/mol. The van der Waals surface area contributed by atoms with Crippen LogP contribution in [-0.4, -0.2) is 57.9 Å². The fourth-order valence-corrected chi connectivity index (χ4v) is 4.17. The van der Waals surface area contributed by atoms with E-state index in [1.165, 1.54) is 0 Å². The highest BCUT2D eigenvalue weighted by Gasteiger charge is 2.37. The van der Waals surface area contributed by atoms with Crippen LogP contribution in [-0.2, 0) is 16.6 Å². The number of rotatable bonds is 3. The first-order chi connectivity index (χ1) is 11.7. The average Bonchev–Trinajstić information content (AvgIpc) is 3.27. The van der Waals surface area contributed by atoms with Crippen LogP contribution in [0.15, 0.2) is 24.0 Å². The van der Waals surface area contributed by atoms with Crippen molar-refractivity contribution < 1.29 is 9.53 Å². The zero-order valence-corrected chi connectivity index (χ0v) is 14.5. The van der Waals surface area contributed by atoms with Gasteiger partial charge in [-0.3, -0.25) is 14.4 Å². The van der Waals surface area contributed by atoms with Crippen LogP contribution in [0.25, 0.3) is 0 Å². The number of piperidine rings is 1. The number of carbonyl (C=O) groups excluding carboxylic acids is 1. The second-order valence-corrected chi connectivity index (χ2v) is 7.17. The predicted octanol–water partition coefficient (Wildman–Crippen LogP) is 1.45. The molecule has 0 spiro atoms. The quantitative estimate of drug-likeness (QED) is 0.841. The monoisotopic (exact) mass is 347 g/mol. The lowest BCUT2D eigenvalue weighted by Crippen LogP contribution is -2.55. The second-order valence-electron chi connectivity index (χ2n) is 6.24. The Kier molecular flexibility index (Phi) is 4.34. The molecule has 2 aromatic rings. The molecule has 2 aliphatic heterocycles. The van der Waals surface area contributed by atoms with Gasteiger partial charge in [0.15, 0.2) is 0 Å². The van der Waals surface area contributed by atoms with Crippen molar-refractivity contribution in [2.75, 3.05) is 31.1 Å². The van der Waals surface area contributed by atoms with Gasteiger partial charge in [-0.05, 0) is 12.8 Å². The summed E-state index contributed by atoms with van der Waals surface area (Å²) in [6.07, 6.45) is 7.35. The summed E-state index contributed by atoms with van der Waals surface area (Å²) in [7, 11) is 1.87. The van der Waals surface area contributed by atoms with E-state index in [9.17, 15) is 4.79 Å². The third kappa shape index (κ3) is 2.97. The summed E-state index contributed by atoms with van der Waals surface area (Å²) in [4.78, 5) is 21.5. The number of amides is 1. The summed E-state index contributed by atoms with van der Waals surface area (Å²) in [6, 6.07) is -0.0784. The van der Waals surface area contributed by atoms with Gasteiger partial charge in [0.2, 0.25) is 5.91 Å². The third-order valence-electron chi connectivity index (χ3n) is 4.68. The Balaban J connectivity index is 1.49. The molecule has 2 aromatic heterocycles. The number of anilines is 1. The first-order valence-electron chi connectivity index (χ1n) is 8.27. The van der Waals surface area contributed by atoms with Crippen LogP contribution < -0.4 is 4.90 Å². The molecule has 128 valence electrons. The summed E-state index contributed by atoms with van der Waals surface area (Å²) in [5, 5.41) is 7.15. The molecule has 0 unspecified atom stereocenters. The highest BCUT2D eigenvalue weighted by Crippen LogP contribution is 2.29. The van der Waals surface area contributed by atoms with Crippen molar-refractivity contribution in [2.45, 2.75) is 25.0 Å². The Hall–Kier alpha value is -1.77. The van der Waals surface area contributed by atoms with Gasteiger partial charge < -0.3 is 9.64 Å². The first kappa shape index (κ1) is 15.7. The van der Waals surface area contributed by atoms with Gasteiger partial charge in [0.25, 0.3) is 0 Å². The Labute approximate surface area is 144 Å². The van der Waals surface area contributed by atoms with Crippen molar-refractivity contribution >= 4 is 22.9 Å². The van der Waals surface area contributed by atoms with Crippen LogP contribution in [0.1, 0.15) is 24.0 Å². The van der Waals surface area contributed by atoms with E-state index >= 15 is 0 Å². The zero-order valence-electron chi connectivity index (χ0n) is 13.7. The molecule has 0 bridgehead atoms. The molecule has 2 saturated heterocycles. The fraction of sp³-hybridized carbons (Fsp3) is 0.562. The molecular weight excluding hydrogens is 326 g/mol. The van der Waals surface area contributed by atoms with Gasteiger partial charge in [-0.15, -0.1) is 11.3 Å². The number of morpholine rings is 1. The number of carbonyl (C=O) groups is 1. The van der Waals surface area contributed by atoms with E-state index in [0.29, 0.717) is 6.61 Å². The highest BCUT2D eigenvalue weighted by atomic mass is 32.1. The van der Waals surface area contributed by atoms with Crippen LogP contribution in [0.2, 0.25) is 0 Å². The Bertz CT molecular complexity index is 701. The molecule has 7 nitrogen and oxygen atoms in total. The maximum atomic E-state index is 13.0. The minimum atomic E-state index is -0.0784. The van der Waals surface area contributed by atoms with Gasteiger partial charge >= 0.3 is 0 Å². The number of nitrogens with zero attached hydrogens (tertiary/aromatic N) is 5. The van der Waals surface area contributed by atoms with E-state index < -0.39 is 0 Å².